The van der Waals surface area contributed by atoms with Crippen LogP contribution in [0, 0.1) is 17.2 Å². The van der Waals surface area contributed by atoms with Crippen molar-refractivity contribution in [1.29, 1.82) is 5.26 Å². The lowest BCUT2D eigenvalue weighted by molar-refractivity contribution is 0.0751. The molecule has 15 heavy (non-hydrogen) atoms. The third-order valence-corrected chi connectivity index (χ3v) is 2.49. The van der Waals surface area contributed by atoms with E-state index in [2.05, 4.69) is 10.1 Å². The van der Waals surface area contributed by atoms with Crippen LogP contribution in [0.25, 0.3) is 0 Å². The molecule has 0 amide bonds. The second kappa shape index (κ2) is 4.41. The van der Waals surface area contributed by atoms with Crippen LogP contribution >= 0.6 is 0 Å². The number of aryl methyl sites for hydroxylation is 1. The fourth-order valence-electron chi connectivity index (χ4n) is 1.56. The van der Waals surface area contributed by atoms with Gasteiger partial charge in [-0.05, 0) is 18.8 Å². The lowest BCUT2D eigenvalue weighted by Gasteiger charge is -2.07. The SMILES string of the molecule is COC(c1noc(CCC#N)n1)C1CC1. The van der Waals surface area contributed by atoms with E-state index in [9.17, 15) is 0 Å². The smallest absolute Gasteiger partial charge is 0.227 e. The molecule has 1 fully saturated rings. The first kappa shape index (κ1) is 10.1. The molecule has 1 aliphatic rings. The molecule has 1 unspecified atom stereocenters. The number of rotatable bonds is 5. The zero-order valence-corrected chi connectivity index (χ0v) is 8.64. The van der Waals surface area contributed by atoms with Gasteiger partial charge in [-0.25, -0.2) is 0 Å². The van der Waals surface area contributed by atoms with Crippen molar-refractivity contribution in [2.24, 2.45) is 5.92 Å². The zero-order chi connectivity index (χ0) is 10.7. The second-order valence-electron chi connectivity index (χ2n) is 3.70. The first-order valence-electron chi connectivity index (χ1n) is 5.07. The molecule has 0 radical (unpaired) electrons. The fourth-order valence-corrected chi connectivity index (χ4v) is 1.56. The number of aromatic nitrogens is 2. The number of ether oxygens (including phenoxy) is 1. The Morgan fingerprint density at radius 1 is 1.67 bits per heavy atom. The molecule has 0 aliphatic heterocycles. The molecule has 5 nitrogen and oxygen atoms in total. The number of nitrogens with zero attached hydrogens (tertiary/aromatic N) is 3. The van der Waals surface area contributed by atoms with E-state index in [-0.39, 0.29) is 6.10 Å². The summed E-state index contributed by atoms with van der Waals surface area (Å²) in [5.41, 5.74) is 0. The van der Waals surface area contributed by atoms with Crippen LogP contribution in [-0.4, -0.2) is 17.3 Å². The van der Waals surface area contributed by atoms with Gasteiger partial charge in [0.05, 0.1) is 6.07 Å². The summed E-state index contributed by atoms with van der Waals surface area (Å²) in [5.74, 6) is 1.68. The molecule has 0 N–H and O–H groups in total. The van der Waals surface area contributed by atoms with Crippen LogP contribution in [0.4, 0.5) is 0 Å². The lowest BCUT2D eigenvalue weighted by Crippen LogP contribution is -2.05. The van der Waals surface area contributed by atoms with E-state index in [0.717, 1.165) is 0 Å². The van der Waals surface area contributed by atoms with Gasteiger partial charge in [-0.2, -0.15) is 10.2 Å². The van der Waals surface area contributed by atoms with Crippen LogP contribution in [0.1, 0.15) is 37.1 Å². The zero-order valence-electron chi connectivity index (χ0n) is 8.64. The van der Waals surface area contributed by atoms with E-state index in [1.807, 2.05) is 6.07 Å². The van der Waals surface area contributed by atoms with Gasteiger partial charge in [-0.1, -0.05) is 5.16 Å². The molecule has 1 aliphatic carbocycles. The molecule has 1 aromatic rings. The number of nitriles is 1. The summed E-state index contributed by atoms with van der Waals surface area (Å²) in [5, 5.41) is 12.3. The van der Waals surface area contributed by atoms with Crippen LogP contribution in [0.5, 0.6) is 0 Å². The molecule has 0 bridgehead atoms. The quantitative estimate of drug-likeness (QED) is 0.733. The van der Waals surface area contributed by atoms with Crippen molar-refractivity contribution in [3.05, 3.63) is 11.7 Å². The molecular weight excluding hydrogens is 194 g/mol. The topological polar surface area (TPSA) is 71.9 Å². The van der Waals surface area contributed by atoms with Crippen molar-refractivity contribution in [2.45, 2.75) is 31.8 Å². The minimum atomic E-state index is -0.0374. The average Bonchev–Trinajstić information content (AvgIpc) is 2.96. The molecular formula is C10H13N3O2. The van der Waals surface area contributed by atoms with Crippen molar-refractivity contribution < 1.29 is 9.26 Å². The van der Waals surface area contributed by atoms with E-state index in [0.29, 0.717) is 30.5 Å². The molecule has 1 heterocycles. The average molecular weight is 207 g/mol. The van der Waals surface area contributed by atoms with Gasteiger partial charge in [0.2, 0.25) is 11.7 Å². The van der Waals surface area contributed by atoms with Gasteiger partial charge in [0.1, 0.15) is 6.10 Å². The summed E-state index contributed by atoms with van der Waals surface area (Å²) in [4.78, 5) is 4.23. The van der Waals surface area contributed by atoms with Crippen molar-refractivity contribution in [3.8, 4) is 6.07 Å². The summed E-state index contributed by atoms with van der Waals surface area (Å²) in [6, 6.07) is 2.04. The largest absolute Gasteiger partial charge is 0.373 e. The minimum absolute atomic E-state index is 0.0374. The number of methoxy groups -OCH3 is 1. The van der Waals surface area contributed by atoms with Crippen molar-refractivity contribution in [2.75, 3.05) is 7.11 Å². The van der Waals surface area contributed by atoms with E-state index in [4.69, 9.17) is 14.5 Å². The van der Waals surface area contributed by atoms with Gasteiger partial charge < -0.3 is 9.26 Å². The maximum absolute atomic E-state index is 8.42. The highest BCUT2D eigenvalue weighted by Gasteiger charge is 2.35. The standard InChI is InChI=1S/C10H13N3O2/c1-14-9(7-4-5-7)10-12-8(15-13-10)3-2-6-11/h7,9H,2-5H2,1H3. The van der Waals surface area contributed by atoms with Gasteiger partial charge >= 0.3 is 0 Å². The third-order valence-electron chi connectivity index (χ3n) is 2.49. The molecule has 5 heteroatoms. The Labute approximate surface area is 88.0 Å². The predicted octanol–water partition coefficient (Wildman–Crippen LogP) is 1.62. The summed E-state index contributed by atoms with van der Waals surface area (Å²) >= 11 is 0. The van der Waals surface area contributed by atoms with Gasteiger partial charge in [0.25, 0.3) is 0 Å². The van der Waals surface area contributed by atoms with Gasteiger partial charge in [-0.15, -0.1) is 0 Å². The highest BCUT2D eigenvalue weighted by atomic mass is 16.5. The Bertz CT molecular complexity index is 365. The van der Waals surface area contributed by atoms with Crippen LogP contribution in [-0.2, 0) is 11.2 Å². The molecule has 0 saturated heterocycles. The van der Waals surface area contributed by atoms with Gasteiger partial charge in [0.15, 0.2) is 0 Å². The van der Waals surface area contributed by atoms with E-state index in [1.54, 1.807) is 7.11 Å². The molecule has 1 saturated carbocycles. The highest BCUT2D eigenvalue weighted by molar-refractivity contribution is 4.98. The summed E-state index contributed by atoms with van der Waals surface area (Å²) in [6.45, 7) is 0. The van der Waals surface area contributed by atoms with Crippen LogP contribution in [0.2, 0.25) is 0 Å². The highest BCUT2D eigenvalue weighted by Crippen LogP contribution is 2.41. The molecule has 1 aromatic heterocycles. The van der Waals surface area contributed by atoms with Crippen molar-refractivity contribution >= 4 is 0 Å². The molecule has 0 spiro atoms. The van der Waals surface area contributed by atoms with Gasteiger partial charge in [-0.3, -0.25) is 0 Å². The Hall–Kier alpha value is -1.41. The molecule has 2 rings (SSSR count). The normalized spacial score (nSPS) is 17.3. The van der Waals surface area contributed by atoms with Crippen LogP contribution in [0.3, 0.4) is 0 Å². The van der Waals surface area contributed by atoms with Crippen LogP contribution < -0.4 is 0 Å². The Balaban J connectivity index is 2.01. The Kier molecular flexibility index (Phi) is 2.97. The lowest BCUT2D eigenvalue weighted by atomic mass is 10.2. The van der Waals surface area contributed by atoms with Gasteiger partial charge in [0, 0.05) is 20.0 Å². The van der Waals surface area contributed by atoms with Crippen molar-refractivity contribution in [3.63, 3.8) is 0 Å². The third kappa shape index (κ3) is 2.34. The van der Waals surface area contributed by atoms with E-state index < -0.39 is 0 Å². The monoisotopic (exact) mass is 207 g/mol. The second-order valence-corrected chi connectivity index (χ2v) is 3.70. The molecule has 80 valence electrons. The first-order chi connectivity index (χ1) is 7.35. The summed E-state index contributed by atoms with van der Waals surface area (Å²) < 4.78 is 10.4. The fraction of sp³-hybridized carbons (Fsp3) is 0.700. The maximum atomic E-state index is 8.42. The maximum Gasteiger partial charge on any atom is 0.227 e. The Morgan fingerprint density at radius 2 is 2.47 bits per heavy atom. The minimum Gasteiger partial charge on any atom is -0.373 e. The molecule has 1 atom stereocenters. The number of hydrogen-bond donors (Lipinski definition) is 0. The Morgan fingerprint density at radius 3 is 3.07 bits per heavy atom. The predicted molar refractivity (Wildman–Crippen MR) is 50.7 cm³/mol. The summed E-state index contributed by atoms with van der Waals surface area (Å²) in [7, 11) is 1.66. The molecule has 0 aromatic carbocycles. The number of hydrogen-bond acceptors (Lipinski definition) is 5. The van der Waals surface area contributed by atoms with E-state index >= 15 is 0 Å². The van der Waals surface area contributed by atoms with Crippen molar-refractivity contribution in [1.82, 2.24) is 10.1 Å². The first-order valence-corrected chi connectivity index (χ1v) is 5.07. The summed E-state index contributed by atoms with van der Waals surface area (Å²) in [6.07, 6.45) is 3.22. The van der Waals surface area contributed by atoms with Crippen LogP contribution in [0.15, 0.2) is 4.52 Å². The van der Waals surface area contributed by atoms with E-state index in [1.165, 1.54) is 12.8 Å².